The highest BCUT2D eigenvalue weighted by molar-refractivity contribution is 7.92. The molecule has 0 aliphatic heterocycles. The summed E-state index contributed by atoms with van der Waals surface area (Å²) in [5.74, 6) is -1.13. The SMILES string of the molecule is CCOc1ccc(S(=O)(=O)N(CC(=O)N(Cc2ccccc2F)[C@@H](Cc2ccccc2)C(=O)NC(C)C)c2ccc(C)cc2)cc1. The molecule has 2 amide bonds. The Hall–Kier alpha value is -4.70. The van der Waals surface area contributed by atoms with Gasteiger partial charge in [0.15, 0.2) is 0 Å². The zero-order valence-electron chi connectivity index (χ0n) is 26.5. The van der Waals surface area contributed by atoms with Crippen molar-refractivity contribution in [1.82, 2.24) is 10.2 Å². The molecule has 4 rings (SSSR count). The van der Waals surface area contributed by atoms with Crippen LogP contribution in [0.1, 0.15) is 37.5 Å². The Morgan fingerprint density at radius 3 is 2.11 bits per heavy atom. The standard InChI is InChI=1S/C36H40FN3O5S/c1-5-45-31-19-21-32(22-20-31)46(43,44)40(30-17-15-27(4)16-18-30)25-35(41)39(24-29-13-9-10-14-33(29)37)34(36(42)38-26(2)3)23-28-11-7-6-8-12-28/h6-22,26,34H,5,23-25H2,1-4H3,(H,38,42)/t34-/m0/s1. The molecule has 0 heterocycles. The molecular weight excluding hydrogens is 605 g/mol. The number of nitrogens with one attached hydrogen (secondary N) is 1. The number of halogens is 1. The lowest BCUT2D eigenvalue weighted by atomic mass is 10.0. The van der Waals surface area contributed by atoms with Crippen molar-refractivity contribution < 1.29 is 27.1 Å². The summed E-state index contributed by atoms with van der Waals surface area (Å²) >= 11 is 0. The van der Waals surface area contributed by atoms with Crippen molar-refractivity contribution in [2.45, 2.75) is 57.6 Å². The molecule has 0 saturated heterocycles. The van der Waals surface area contributed by atoms with Crippen LogP contribution in [0.5, 0.6) is 5.75 Å². The number of aryl methyl sites for hydroxylation is 1. The number of rotatable bonds is 14. The second-order valence-corrected chi connectivity index (χ2v) is 13.1. The van der Waals surface area contributed by atoms with Gasteiger partial charge in [-0.3, -0.25) is 13.9 Å². The summed E-state index contributed by atoms with van der Waals surface area (Å²) in [6, 6.07) is 26.7. The van der Waals surface area contributed by atoms with Gasteiger partial charge in [-0.25, -0.2) is 12.8 Å². The minimum absolute atomic E-state index is 0.0385. The van der Waals surface area contributed by atoms with E-state index in [0.717, 1.165) is 15.4 Å². The van der Waals surface area contributed by atoms with E-state index in [0.29, 0.717) is 12.4 Å². The number of anilines is 1. The molecule has 1 atom stereocenters. The average molecular weight is 646 g/mol. The summed E-state index contributed by atoms with van der Waals surface area (Å²) in [7, 11) is -4.28. The molecule has 0 aliphatic rings. The first kappa shape index (κ1) is 34.2. The summed E-state index contributed by atoms with van der Waals surface area (Å²) < 4.78 is 49.9. The molecule has 10 heteroatoms. The summed E-state index contributed by atoms with van der Waals surface area (Å²) in [6.07, 6.45) is 0.135. The molecule has 0 bridgehead atoms. The molecule has 0 radical (unpaired) electrons. The maximum absolute atomic E-state index is 15.0. The van der Waals surface area contributed by atoms with Crippen LogP contribution in [0.3, 0.4) is 0 Å². The lowest BCUT2D eigenvalue weighted by molar-refractivity contribution is -0.140. The van der Waals surface area contributed by atoms with Crippen LogP contribution in [0.15, 0.2) is 108 Å². The third-order valence-corrected chi connectivity index (χ3v) is 9.11. The number of ether oxygens (including phenoxy) is 1. The van der Waals surface area contributed by atoms with Gasteiger partial charge in [0.25, 0.3) is 10.0 Å². The Morgan fingerprint density at radius 1 is 0.870 bits per heavy atom. The van der Waals surface area contributed by atoms with Gasteiger partial charge < -0.3 is 15.0 Å². The first-order valence-corrected chi connectivity index (χ1v) is 16.6. The summed E-state index contributed by atoms with van der Waals surface area (Å²) in [5.41, 5.74) is 2.16. The van der Waals surface area contributed by atoms with Gasteiger partial charge >= 0.3 is 0 Å². The number of benzene rings is 4. The van der Waals surface area contributed by atoms with E-state index in [1.165, 1.54) is 23.1 Å². The average Bonchev–Trinajstić information content (AvgIpc) is 3.03. The van der Waals surface area contributed by atoms with E-state index < -0.39 is 40.2 Å². The molecule has 4 aromatic carbocycles. The van der Waals surface area contributed by atoms with Crippen LogP contribution in [0.2, 0.25) is 0 Å². The van der Waals surface area contributed by atoms with Crippen LogP contribution in [-0.4, -0.2) is 50.4 Å². The summed E-state index contributed by atoms with van der Waals surface area (Å²) in [5, 5.41) is 2.89. The van der Waals surface area contributed by atoms with Crippen molar-refractivity contribution in [3.63, 3.8) is 0 Å². The fourth-order valence-electron chi connectivity index (χ4n) is 4.99. The molecule has 1 N–H and O–H groups in total. The van der Waals surface area contributed by atoms with E-state index in [2.05, 4.69) is 5.32 Å². The number of carbonyl (C=O) groups excluding carboxylic acids is 2. The fourth-order valence-corrected chi connectivity index (χ4v) is 6.40. The molecule has 0 aliphatic carbocycles. The number of nitrogens with zero attached hydrogens (tertiary/aromatic N) is 2. The van der Waals surface area contributed by atoms with Crippen molar-refractivity contribution in [3.8, 4) is 5.75 Å². The Balaban J connectivity index is 1.80. The van der Waals surface area contributed by atoms with Crippen molar-refractivity contribution in [2.75, 3.05) is 17.5 Å². The number of sulfonamides is 1. The molecule has 242 valence electrons. The number of hydrogen-bond acceptors (Lipinski definition) is 5. The second kappa shape index (κ2) is 15.5. The monoisotopic (exact) mass is 645 g/mol. The molecule has 0 aromatic heterocycles. The first-order valence-electron chi connectivity index (χ1n) is 15.2. The van der Waals surface area contributed by atoms with E-state index in [1.807, 2.05) is 58.0 Å². The van der Waals surface area contributed by atoms with E-state index in [4.69, 9.17) is 4.74 Å². The van der Waals surface area contributed by atoms with E-state index in [1.54, 1.807) is 54.6 Å². The van der Waals surface area contributed by atoms with Crippen molar-refractivity contribution >= 4 is 27.5 Å². The van der Waals surface area contributed by atoms with Gasteiger partial charge in [0, 0.05) is 24.6 Å². The second-order valence-electron chi connectivity index (χ2n) is 11.2. The first-order chi connectivity index (χ1) is 22.0. The Kier molecular flexibility index (Phi) is 11.5. The predicted molar refractivity (Wildman–Crippen MR) is 177 cm³/mol. The van der Waals surface area contributed by atoms with Gasteiger partial charge in [-0.15, -0.1) is 0 Å². The lowest BCUT2D eigenvalue weighted by Gasteiger charge is -2.34. The van der Waals surface area contributed by atoms with Gasteiger partial charge in [-0.1, -0.05) is 66.2 Å². The zero-order valence-corrected chi connectivity index (χ0v) is 27.3. The van der Waals surface area contributed by atoms with E-state index >= 15 is 4.39 Å². The Bertz CT molecular complexity index is 1710. The highest BCUT2D eigenvalue weighted by Crippen LogP contribution is 2.27. The van der Waals surface area contributed by atoms with E-state index in [-0.39, 0.29) is 35.2 Å². The Morgan fingerprint density at radius 2 is 1.50 bits per heavy atom. The molecule has 4 aromatic rings. The van der Waals surface area contributed by atoms with Gasteiger partial charge in [0.05, 0.1) is 17.2 Å². The zero-order chi connectivity index (χ0) is 33.3. The van der Waals surface area contributed by atoms with Crippen LogP contribution in [-0.2, 0) is 32.6 Å². The number of hydrogen-bond donors (Lipinski definition) is 1. The molecule has 0 unspecified atom stereocenters. The van der Waals surface area contributed by atoms with Crippen molar-refractivity contribution in [2.24, 2.45) is 0 Å². The minimum Gasteiger partial charge on any atom is -0.494 e. The number of carbonyl (C=O) groups is 2. The molecule has 0 fully saturated rings. The maximum Gasteiger partial charge on any atom is 0.264 e. The summed E-state index contributed by atoms with van der Waals surface area (Å²) in [4.78, 5) is 29.4. The van der Waals surface area contributed by atoms with Crippen LogP contribution in [0.4, 0.5) is 10.1 Å². The van der Waals surface area contributed by atoms with Gasteiger partial charge in [0.2, 0.25) is 11.8 Å². The fraction of sp³-hybridized carbons (Fsp3) is 0.278. The maximum atomic E-state index is 15.0. The van der Waals surface area contributed by atoms with Gasteiger partial charge in [-0.2, -0.15) is 0 Å². The predicted octanol–water partition coefficient (Wildman–Crippen LogP) is 5.89. The number of amides is 2. The van der Waals surface area contributed by atoms with E-state index in [9.17, 15) is 18.0 Å². The molecule has 0 saturated carbocycles. The molecule has 46 heavy (non-hydrogen) atoms. The van der Waals surface area contributed by atoms with Crippen LogP contribution in [0.25, 0.3) is 0 Å². The highest BCUT2D eigenvalue weighted by Gasteiger charge is 2.35. The smallest absolute Gasteiger partial charge is 0.264 e. The highest BCUT2D eigenvalue weighted by atomic mass is 32.2. The Labute approximate surface area is 270 Å². The third kappa shape index (κ3) is 8.72. The third-order valence-electron chi connectivity index (χ3n) is 7.32. The normalized spacial score (nSPS) is 12.0. The van der Waals surface area contributed by atoms with Crippen LogP contribution in [0, 0.1) is 12.7 Å². The quantitative estimate of drug-likeness (QED) is 0.185. The van der Waals surface area contributed by atoms with Crippen LogP contribution < -0.4 is 14.4 Å². The van der Waals surface area contributed by atoms with Crippen molar-refractivity contribution in [1.29, 1.82) is 0 Å². The minimum atomic E-state index is -4.28. The topological polar surface area (TPSA) is 96.0 Å². The van der Waals surface area contributed by atoms with Crippen LogP contribution >= 0.6 is 0 Å². The lowest BCUT2D eigenvalue weighted by Crippen LogP contribution is -2.54. The molecule has 0 spiro atoms. The van der Waals surface area contributed by atoms with Crippen molar-refractivity contribution in [3.05, 3.63) is 126 Å². The summed E-state index contributed by atoms with van der Waals surface area (Å²) in [6.45, 7) is 6.86. The largest absolute Gasteiger partial charge is 0.494 e. The van der Waals surface area contributed by atoms with Gasteiger partial charge in [0.1, 0.15) is 24.2 Å². The van der Waals surface area contributed by atoms with Gasteiger partial charge in [-0.05, 0) is 75.7 Å². The molecular formula is C36H40FN3O5S. The molecule has 8 nitrogen and oxygen atoms in total.